The third-order valence-corrected chi connectivity index (χ3v) is 4.10. The van der Waals surface area contributed by atoms with Gasteiger partial charge in [0.05, 0.1) is 0 Å². The minimum absolute atomic E-state index is 0.250. The summed E-state index contributed by atoms with van der Waals surface area (Å²) in [5.41, 5.74) is 0. The van der Waals surface area contributed by atoms with Gasteiger partial charge in [-0.1, -0.05) is 64.5 Å². The van der Waals surface area contributed by atoms with Crippen LogP contribution in [0, 0.1) is 12.8 Å². The minimum Gasteiger partial charge on any atom is -0.483 e. The van der Waals surface area contributed by atoms with Crippen LogP contribution in [0.3, 0.4) is 0 Å². The Balaban J connectivity index is -0.000000114. The van der Waals surface area contributed by atoms with Crippen molar-refractivity contribution in [1.29, 1.82) is 0 Å². The molecule has 0 fully saturated rings. The normalized spacial score (nSPS) is 10.3. The van der Waals surface area contributed by atoms with Gasteiger partial charge in [-0.3, -0.25) is 9.69 Å². The number of carboxylic acid groups (broad SMARTS) is 1. The quantitative estimate of drug-likeness (QED) is 0.0871. The van der Waals surface area contributed by atoms with Gasteiger partial charge < -0.3 is 20.6 Å². The predicted molar refractivity (Wildman–Crippen MR) is 141 cm³/mol. The zero-order chi connectivity index (χ0) is 25.9. The van der Waals surface area contributed by atoms with Crippen LogP contribution in [0.2, 0.25) is 0 Å². The van der Waals surface area contributed by atoms with Gasteiger partial charge in [-0.25, -0.2) is 0 Å². The van der Waals surface area contributed by atoms with Gasteiger partial charge in [-0.05, 0) is 73.1 Å². The zero-order valence-corrected chi connectivity index (χ0v) is 22.1. The van der Waals surface area contributed by atoms with Crippen LogP contribution in [0.25, 0.3) is 0 Å². The molecule has 0 aliphatic carbocycles. The molecule has 0 radical (unpaired) electrons. The largest absolute Gasteiger partial charge is 0.483 e. The summed E-state index contributed by atoms with van der Waals surface area (Å²) >= 11 is 0. The molecule has 0 aliphatic rings. The van der Waals surface area contributed by atoms with Gasteiger partial charge in [-0.15, -0.1) is 12.8 Å². The van der Waals surface area contributed by atoms with E-state index in [0.717, 1.165) is 19.4 Å². The summed E-state index contributed by atoms with van der Waals surface area (Å²) in [6.07, 6.45) is 27.6. The Morgan fingerprint density at radius 3 is 1.72 bits per heavy atom. The molecular formula is C26H56N2O4. The third-order valence-electron chi connectivity index (χ3n) is 4.10. The van der Waals surface area contributed by atoms with E-state index in [0.29, 0.717) is 0 Å². The maximum atomic E-state index is 9.39. The van der Waals surface area contributed by atoms with E-state index in [9.17, 15) is 5.11 Å². The summed E-state index contributed by atoms with van der Waals surface area (Å²) in [5.74, 6) is 0. The van der Waals surface area contributed by atoms with Crippen LogP contribution in [-0.2, 0) is 4.79 Å². The second-order valence-corrected chi connectivity index (χ2v) is 7.28. The number of hydrogen-bond acceptors (Lipinski definition) is 5. The number of aliphatic hydroxyl groups excluding tert-OH is 2. The summed E-state index contributed by atoms with van der Waals surface area (Å²) in [5, 5.41) is 27.0. The molecular weight excluding hydrogens is 404 g/mol. The van der Waals surface area contributed by atoms with E-state index in [1.54, 1.807) is 6.92 Å². The highest BCUT2D eigenvalue weighted by Crippen LogP contribution is 2.05. The van der Waals surface area contributed by atoms with Crippen molar-refractivity contribution in [1.82, 2.24) is 10.2 Å². The molecule has 1 unspecified atom stereocenters. The molecule has 0 aromatic heterocycles. The minimum atomic E-state index is -0.264. The smallest absolute Gasteiger partial charge is 0.290 e. The maximum Gasteiger partial charge on any atom is 0.290 e. The number of rotatable bonds is 15. The summed E-state index contributed by atoms with van der Waals surface area (Å²) in [4.78, 5) is 10.2. The first-order valence-electron chi connectivity index (χ1n) is 12.1. The zero-order valence-electron chi connectivity index (χ0n) is 22.1. The number of nitrogens with one attached hydrogen (secondary N) is 1. The van der Waals surface area contributed by atoms with E-state index in [4.69, 9.17) is 15.0 Å². The van der Waals surface area contributed by atoms with E-state index in [1.165, 1.54) is 64.2 Å². The van der Waals surface area contributed by atoms with Crippen molar-refractivity contribution in [3.05, 3.63) is 12.2 Å². The van der Waals surface area contributed by atoms with Gasteiger partial charge in [0.1, 0.15) is 6.23 Å². The Labute approximate surface area is 200 Å². The van der Waals surface area contributed by atoms with Crippen LogP contribution in [0.4, 0.5) is 0 Å². The second-order valence-electron chi connectivity index (χ2n) is 7.28. The van der Waals surface area contributed by atoms with Gasteiger partial charge >= 0.3 is 0 Å². The summed E-state index contributed by atoms with van der Waals surface area (Å²) in [6.45, 7) is 7.27. The van der Waals surface area contributed by atoms with Crippen molar-refractivity contribution in [2.45, 2.75) is 104 Å². The van der Waals surface area contributed by atoms with E-state index in [-0.39, 0.29) is 19.3 Å². The SMILES string of the molecule is C#C.CCCC/C=C\CCCCCC.CCO.CNCCCCCC(O)N(C)C.O=CO. The number of terminal acetylenes is 1. The number of nitrogens with zero attached hydrogens (tertiary/aromatic N) is 1. The van der Waals surface area contributed by atoms with Crippen molar-refractivity contribution in [2.75, 3.05) is 34.3 Å². The second kappa shape index (κ2) is 47.4. The van der Waals surface area contributed by atoms with E-state index in [2.05, 4.69) is 44.2 Å². The van der Waals surface area contributed by atoms with Gasteiger partial charge in [0.2, 0.25) is 0 Å². The molecule has 4 N–H and O–H groups in total. The number of unbranched alkanes of at least 4 members (excludes halogenated alkanes) is 8. The van der Waals surface area contributed by atoms with Crippen molar-refractivity contribution in [3.8, 4) is 12.8 Å². The lowest BCUT2D eigenvalue weighted by atomic mass is 10.1. The number of carbonyl (C=O) groups is 1. The summed E-state index contributed by atoms with van der Waals surface area (Å²) in [6, 6.07) is 0. The summed E-state index contributed by atoms with van der Waals surface area (Å²) in [7, 11) is 5.77. The highest BCUT2D eigenvalue weighted by atomic mass is 16.3. The highest BCUT2D eigenvalue weighted by Gasteiger charge is 2.04. The molecule has 0 rings (SSSR count). The monoisotopic (exact) mass is 460 g/mol. The number of hydrogen-bond donors (Lipinski definition) is 4. The fourth-order valence-electron chi connectivity index (χ4n) is 2.31. The van der Waals surface area contributed by atoms with Crippen LogP contribution in [-0.4, -0.2) is 67.2 Å². The van der Waals surface area contributed by atoms with Crippen LogP contribution in [0.5, 0.6) is 0 Å². The van der Waals surface area contributed by atoms with Gasteiger partial charge in [0, 0.05) is 6.61 Å². The molecule has 0 spiro atoms. The molecule has 0 aliphatic heterocycles. The first-order valence-corrected chi connectivity index (χ1v) is 12.1. The molecule has 0 saturated heterocycles. The molecule has 0 amide bonds. The molecule has 0 aromatic rings. The Hall–Kier alpha value is -1.39. The lowest BCUT2D eigenvalue weighted by molar-refractivity contribution is -0.122. The fourth-order valence-corrected chi connectivity index (χ4v) is 2.31. The Bertz CT molecular complexity index is 335. The van der Waals surface area contributed by atoms with Gasteiger partial charge in [0.25, 0.3) is 6.47 Å². The molecule has 6 nitrogen and oxygen atoms in total. The van der Waals surface area contributed by atoms with Gasteiger partial charge in [0.15, 0.2) is 0 Å². The van der Waals surface area contributed by atoms with Gasteiger partial charge in [-0.2, -0.15) is 0 Å². The Morgan fingerprint density at radius 2 is 1.31 bits per heavy atom. The molecule has 0 aromatic carbocycles. The first-order chi connectivity index (χ1) is 15.4. The molecule has 6 heteroatoms. The van der Waals surface area contributed by atoms with Crippen LogP contribution >= 0.6 is 0 Å². The van der Waals surface area contributed by atoms with Crippen LogP contribution in [0.15, 0.2) is 12.2 Å². The van der Waals surface area contributed by atoms with Crippen LogP contribution in [0.1, 0.15) is 97.8 Å². The van der Waals surface area contributed by atoms with Crippen molar-refractivity contribution >= 4 is 6.47 Å². The molecule has 0 bridgehead atoms. The van der Waals surface area contributed by atoms with Crippen LogP contribution < -0.4 is 5.32 Å². The molecule has 0 heterocycles. The third kappa shape index (κ3) is 63.0. The van der Waals surface area contributed by atoms with Crippen molar-refractivity contribution < 1.29 is 20.1 Å². The highest BCUT2D eigenvalue weighted by molar-refractivity contribution is 5.32. The van der Waals surface area contributed by atoms with Crippen molar-refractivity contribution in [2.24, 2.45) is 0 Å². The summed E-state index contributed by atoms with van der Waals surface area (Å²) < 4.78 is 0. The molecule has 1 atom stereocenters. The molecule has 194 valence electrons. The standard InChI is InChI=1S/C12H24.C9H22N2O.C2H6O.C2H2.CH2O2/c1-3-5-7-9-11-12-10-8-6-4-2;1-10-8-6-4-5-7-9(12)11(2)3;1-2-3;1-2;2-1-3/h9,11H,3-8,10,12H2,1-2H3;9-10,12H,4-8H2,1-3H3;3H,2H2,1H3;1-2H;1H,(H,2,3)/b11-9-;;;;. The Morgan fingerprint density at radius 1 is 0.875 bits per heavy atom. The van der Waals surface area contributed by atoms with E-state index in [1.807, 2.05) is 26.0 Å². The lowest BCUT2D eigenvalue weighted by Gasteiger charge is -2.17. The maximum absolute atomic E-state index is 9.39. The Kier molecular flexibility index (Phi) is 60.6. The van der Waals surface area contributed by atoms with Crippen molar-refractivity contribution in [3.63, 3.8) is 0 Å². The van der Waals surface area contributed by atoms with E-state index < -0.39 is 0 Å². The predicted octanol–water partition coefficient (Wildman–Crippen LogP) is 5.30. The fraction of sp³-hybridized carbons (Fsp3) is 0.808. The average molecular weight is 461 g/mol. The number of aliphatic hydroxyl groups is 2. The number of allylic oxidation sites excluding steroid dienone is 2. The lowest BCUT2D eigenvalue weighted by Crippen LogP contribution is -2.27. The first kappa shape index (κ1) is 40.9. The topological polar surface area (TPSA) is 93.0 Å². The van der Waals surface area contributed by atoms with E-state index >= 15 is 0 Å². The molecule has 32 heavy (non-hydrogen) atoms. The molecule has 0 saturated carbocycles. The average Bonchev–Trinajstić information content (AvgIpc) is 2.78.